The van der Waals surface area contributed by atoms with Gasteiger partial charge in [-0.3, -0.25) is 0 Å². The number of halogens is 1. The quantitative estimate of drug-likeness (QED) is 0.672. The summed E-state index contributed by atoms with van der Waals surface area (Å²) in [5.41, 5.74) is 6.94. The Balaban J connectivity index is 2.91. The fourth-order valence-corrected chi connectivity index (χ4v) is 1.19. The second kappa shape index (κ2) is 2.60. The molecule has 0 amide bonds. The van der Waals surface area contributed by atoms with Gasteiger partial charge >= 0.3 is 0 Å². The van der Waals surface area contributed by atoms with E-state index in [2.05, 4.69) is 10.2 Å². The highest BCUT2D eigenvalue weighted by atomic mass is 35.5. The van der Waals surface area contributed by atoms with Gasteiger partial charge in [-0.1, -0.05) is 29.8 Å². The van der Waals surface area contributed by atoms with Gasteiger partial charge in [0.05, 0.1) is 11.2 Å². The summed E-state index contributed by atoms with van der Waals surface area (Å²) < 4.78 is 0. The first-order valence-electron chi connectivity index (χ1n) is 3.45. The van der Waals surface area contributed by atoms with Crippen LogP contribution in [0.3, 0.4) is 0 Å². The van der Waals surface area contributed by atoms with Crippen molar-refractivity contribution in [2.75, 3.05) is 5.73 Å². The number of fused-ring (bicyclic) bond motifs is 1. The lowest BCUT2D eigenvalue weighted by Gasteiger charge is -2.00. The van der Waals surface area contributed by atoms with Crippen molar-refractivity contribution in [3.05, 3.63) is 29.4 Å². The predicted octanol–water partition coefficient (Wildman–Crippen LogP) is 1.87. The minimum Gasteiger partial charge on any atom is -0.396 e. The van der Waals surface area contributed by atoms with Crippen molar-refractivity contribution in [1.29, 1.82) is 0 Å². The molecule has 0 atom stereocenters. The Kier molecular flexibility index (Phi) is 1.59. The summed E-state index contributed by atoms with van der Waals surface area (Å²) in [5.74, 6) is 0. The predicted molar refractivity (Wildman–Crippen MR) is 49.0 cm³/mol. The topological polar surface area (TPSA) is 51.8 Å². The minimum absolute atomic E-state index is 0.258. The van der Waals surface area contributed by atoms with Crippen molar-refractivity contribution >= 4 is 28.2 Å². The summed E-state index contributed by atoms with van der Waals surface area (Å²) in [6.45, 7) is 0. The highest BCUT2D eigenvalue weighted by molar-refractivity contribution is 6.33. The van der Waals surface area contributed by atoms with E-state index in [0.29, 0.717) is 5.69 Å². The third-order valence-electron chi connectivity index (χ3n) is 1.66. The van der Waals surface area contributed by atoms with Crippen LogP contribution in [0.1, 0.15) is 0 Å². The SMILES string of the molecule is Nc1c(Cl)nnc2ccccc12. The molecule has 2 rings (SSSR count). The molecule has 0 saturated heterocycles. The molecule has 0 aliphatic heterocycles. The normalized spacial score (nSPS) is 10.4. The molecule has 3 nitrogen and oxygen atoms in total. The fourth-order valence-electron chi connectivity index (χ4n) is 1.05. The molecule has 4 heteroatoms. The Morgan fingerprint density at radius 3 is 2.75 bits per heavy atom. The van der Waals surface area contributed by atoms with Crippen LogP contribution in [-0.2, 0) is 0 Å². The molecule has 2 N–H and O–H groups in total. The molecule has 1 aromatic carbocycles. The van der Waals surface area contributed by atoms with E-state index in [1.807, 2.05) is 24.3 Å². The Labute approximate surface area is 74.2 Å². The Morgan fingerprint density at radius 2 is 1.92 bits per heavy atom. The van der Waals surface area contributed by atoms with Crippen LogP contribution in [0.4, 0.5) is 5.69 Å². The molecule has 0 fully saturated rings. The van der Waals surface area contributed by atoms with Gasteiger partial charge in [0.25, 0.3) is 0 Å². The first kappa shape index (κ1) is 7.31. The monoisotopic (exact) mass is 179 g/mol. The highest BCUT2D eigenvalue weighted by Crippen LogP contribution is 2.23. The van der Waals surface area contributed by atoms with Gasteiger partial charge in [-0.05, 0) is 6.07 Å². The third kappa shape index (κ3) is 0.987. The van der Waals surface area contributed by atoms with Crippen LogP contribution in [0, 0.1) is 0 Å². The van der Waals surface area contributed by atoms with Gasteiger partial charge < -0.3 is 5.73 Å². The lowest BCUT2D eigenvalue weighted by Crippen LogP contribution is -1.93. The average molecular weight is 180 g/mol. The first-order valence-corrected chi connectivity index (χ1v) is 3.83. The van der Waals surface area contributed by atoms with Crippen molar-refractivity contribution in [2.24, 2.45) is 0 Å². The van der Waals surface area contributed by atoms with Crippen LogP contribution in [-0.4, -0.2) is 10.2 Å². The van der Waals surface area contributed by atoms with E-state index >= 15 is 0 Å². The molecule has 0 radical (unpaired) electrons. The van der Waals surface area contributed by atoms with Crippen LogP contribution < -0.4 is 5.73 Å². The van der Waals surface area contributed by atoms with Crippen molar-refractivity contribution < 1.29 is 0 Å². The molecule has 60 valence electrons. The standard InChI is InChI=1S/C8H6ClN3/c9-8-7(10)5-3-1-2-4-6(5)11-12-8/h1-4H,(H2,10,11). The first-order chi connectivity index (χ1) is 5.79. The van der Waals surface area contributed by atoms with Crippen LogP contribution in [0.25, 0.3) is 10.9 Å². The Hall–Kier alpha value is -1.35. The molecule has 12 heavy (non-hydrogen) atoms. The zero-order valence-corrected chi connectivity index (χ0v) is 6.92. The number of nitrogens with zero attached hydrogens (tertiary/aromatic N) is 2. The van der Waals surface area contributed by atoms with E-state index in [-0.39, 0.29) is 5.15 Å². The van der Waals surface area contributed by atoms with Crippen LogP contribution in [0.2, 0.25) is 5.15 Å². The maximum Gasteiger partial charge on any atom is 0.175 e. The van der Waals surface area contributed by atoms with E-state index in [4.69, 9.17) is 17.3 Å². The van der Waals surface area contributed by atoms with E-state index in [1.54, 1.807) is 0 Å². The molecule has 0 spiro atoms. The zero-order valence-electron chi connectivity index (χ0n) is 6.16. The van der Waals surface area contributed by atoms with E-state index in [1.165, 1.54) is 0 Å². The molecular formula is C8H6ClN3. The average Bonchev–Trinajstić information content (AvgIpc) is 2.12. The molecule has 0 unspecified atom stereocenters. The zero-order chi connectivity index (χ0) is 8.55. The smallest absolute Gasteiger partial charge is 0.175 e. The van der Waals surface area contributed by atoms with Gasteiger partial charge in [-0.2, -0.15) is 0 Å². The molecule has 0 bridgehead atoms. The Bertz CT molecular complexity index is 428. The molecule has 2 aromatic rings. The van der Waals surface area contributed by atoms with Gasteiger partial charge in [-0.15, -0.1) is 10.2 Å². The Morgan fingerprint density at radius 1 is 1.17 bits per heavy atom. The second-order valence-electron chi connectivity index (χ2n) is 2.42. The lowest BCUT2D eigenvalue weighted by atomic mass is 10.2. The summed E-state index contributed by atoms with van der Waals surface area (Å²) in [5, 5.41) is 8.68. The number of rotatable bonds is 0. The summed E-state index contributed by atoms with van der Waals surface area (Å²) in [7, 11) is 0. The van der Waals surface area contributed by atoms with Gasteiger partial charge in [-0.25, -0.2) is 0 Å². The van der Waals surface area contributed by atoms with Crippen LogP contribution >= 0.6 is 11.6 Å². The number of hydrogen-bond donors (Lipinski definition) is 1. The van der Waals surface area contributed by atoms with E-state index in [0.717, 1.165) is 10.9 Å². The number of hydrogen-bond acceptors (Lipinski definition) is 3. The number of aromatic nitrogens is 2. The fraction of sp³-hybridized carbons (Fsp3) is 0. The van der Waals surface area contributed by atoms with Crippen molar-refractivity contribution in [1.82, 2.24) is 10.2 Å². The summed E-state index contributed by atoms with van der Waals surface area (Å²) in [6.07, 6.45) is 0. The molecule has 0 aliphatic rings. The third-order valence-corrected chi connectivity index (χ3v) is 1.94. The van der Waals surface area contributed by atoms with E-state index < -0.39 is 0 Å². The van der Waals surface area contributed by atoms with E-state index in [9.17, 15) is 0 Å². The van der Waals surface area contributed by atoms with Crippen LogP contribution in [0.15, 0.2) is 24.3 Å². The van der Waals surface area contributed by atoms with Crippen LogP contribution in [0.5, 0.6) is 0 Å². The number of nitrogens with two attached hydrogens (primary N) is 1. The van der Waals surface area contributed by atoms with Gasteiger partial charge in [0.2, 0.25) is 0 Å². The maximum absolute atomic E-state index is 5.69. The van der Waals surface area contributed by atoms with Crippen molar-refractivity contribution in [3.63, 3.8) is 0 Å². The molecule has 0 saturated carbocycles. The lowest BCUT2D eigenvalue weighted by molar-refractivity contribution is 1.08. The number of benzene rings is 1. The maximum atomic E-state index is 5.69. The molecule has 0 aliphatic carbocycles. The largest absolute Gasteiger partial charge is 0.396 e. The summed E-state index contributed by atoms with van der Waals surface area (Å²) >= 11 is 5.69. The van der Waals surface area contributed by atoms with Gasteiger partial charge in [0, 0.05) is 5.39 Å². The molecular weight excluding hydrogens is 174 g/mol. The summed E-state index contributed by atoms with van der Waals surface area (Å²) in [4.78, 5) is 0. The van der Waals surface area contributed by atoms with Gasteiger partial charge in [0.15, 0.2) is 5.15 Å². The molecule has 1 heterocycles. The van der Waals surface area contributed by atoms with Crippen molar-refractivity contribution in [3.8, 4) is 0 Å². The minimum atomic E-state index is 0.258. The number of anilines is 1. The highest BCUT2D eigenvalue weighted by Gasteiger charge is 2.02. The van der Waals surface area contributed by atoms with Gasteiger partial charge in [0.1, 0.15) is 0 Å². The second-order valence-corrected chi connectivity index (χ2v) is 2.78. The van der Waals surface area contributed by atoms with Crippen molar-refractivity contribution in [2.45, 2.75) is 0 Å². The number of nitrogen functional groups attached to an aromatic ring is 1. The summed E-state index contributed by atoms with van der Waals surface area (Å²) in [6, 6.07) is 7.47. The molecule has 1 aromatic heterocycles.